The summed E-state index contributed by atoms with van der Waals surface area (Å²) < 4.78 is 11.0. The van der Waals surface area contributed by atoms with Crippen molar-refractivity contribution in [2.24, 2.45) is 0 Å². The van der Waals surface area contributed by atoms with Gasteiger partial charge in [-0.25, -0.2) is 4.79 Å². The second-order valence-corrected chi connectivity index (χ2v) is 5.53. The summed E-state index contributed by atoms with van der Waals surface area (Å²) in [5, 5.41) is 16.1. The van der Waals surface area contributed by atoms with Crippen LogP contribution in [0.2, 0.25) is 0 Å². The first-order valence-electron chi connectivity index (χ1n) is 7.74. The number of nitro benzene ring substituents is 1. The highest BCUT2D eigenvalue weighted by Crippen LogP contribution is 2.32. The quantitative estimate of drug-likeness (QED) is 0.655. The molecular weight excluding hydrogens is 326 g/mol. The van der Waals surface area contributed by atoms with Crippen LogP contribution in [0.3, 0.4) is 0 Å². The van der Waals surface area contributed by atoms with Crippen molar-refractivity contribution in [2.45, 2.75) is 13.0 Å². The summed E-state index contributed by atoms with van der Waals surface area (Å²) in [5.74, 6) is 1.33. The Bertz CT molecular complexity index is 809. The summed E-state index contributed by atoms with van der Waals surface area (Å²) in [5.41, 5.74) is 1.12. The fourth-order valence-electron chi connectivity index (χ4n) is 2.47. The van der Waals surface area contributed by atoms with Crippen LogP contribution in [0.25, 0.3) is 0 Å². The van der Waals surface area contributed by atoms with Gasteiger partial charge >= 0.3 is 6.03 Å². The van der Waals surface area contributed by atoms with E-state index in [1.807, 2.05) is 19.1 Å². The Labute approximate surface area is 143 Å². The van der Waals surface area contributed by atoms with E-state index in [1.165, 1.54) is 18.2 Å². The van der Waals surface area contributed by atoms with E-state index in [0.29, 0.717) is 30.4 Å². The second-order valence-electron chi connectivity index (χ2n) is 5.53. The van der Waals surface area contributed by atoms with Crippen molar-refractivity contribution in [1.82, 2.24) is 5.32 Å². The van der Waals surface area contributed by atoms with Crippen molar-refractivity contribution < 1.29 is 19.2 Å². The zero-order valence-electron chi connectivity index (χ0n) is 13.5. The molecule has 1 aliphatic rings. The van der Waals surface area contributed by atoms with Crippen LogP contribution in [0.4, 0.5) is 16.2 Å². The fraction of sp³-hybridized carbons (Fsp3) is 0.235. The van der Waals surface area contributed by atoms with Crippen molar-refractivity contribution >= 4 is 17.4 Å². The molecule has 8 heteroatoms. The lowest BCUT2D eigenvalue weighted by Gasteiger charge is -2.21. The predicted molar refractivity (Wildman–Crippen MR) is 91.1 cm³/mol. The standard InChI is InChI=1S/C17H17N3O5/c1-11(12-5-6-15-16(9-12)25-8-7-24-15)18-17(21)19-13-3-2-4-14(10-13)20(22)23/h2-6,9-11H,7-8H2,1H3,(H2,18,19,21)/t11-/m1/s1. The molecule has 0 aliphatic carbocycles. The number of nitro groups is 1. The molecule has 0 spiro atoms. The number of anilines is 1. The van der Waals surface area contributed by atoms with Gasteiger partial charge in [-0.3, -0.25) is 10.1 Å². The minimum atomic E-state index is -0.513. The SMILES string of the molecule is C[C@@H](NC(=O)Nc1cccc([N+](=O)[O-])c1)c1ccc2c(c1)OCCO2. The van der Waals surface area contributed by atoms with Gasteiger partial charge in [-0.05, 0) is 30.7 Å². The van der Waals surface area contributed by atoms with Crippen LogP contribution in [0.1, 0.15) is 18.5 Å². The molecule has 3 rings (SSSR count). The van der Waals surface area contributed by atoms with Gasteiger partial charge < -0.3 is 20.1 Å². The Balaban J connectivity index is 1.64. The third kappa shape index (κ3) is 3.97. The number of carbonyl (C=O) groups excluding carboxylic acids is 1. The largest absolute Gasteiger partial charge is 0.486 e. The molecule has 2 aromatic carbocycles. The maximum absolute atomic E-state index is 12.1. The molecule has 0 bridgehead atoms. The van der Waals surface area contributed by atoms with Gasteiger partial charge in [-0.1, -0.05) is 12.1 Å². The zero-order chi connectivity index (χ0) is 17.8. The molecule has 1 heterocycles. The number of hydrogen-bond acceptors (Lipinski definition) is 5. The molecule has 130 valence electrons. The van der Waals surface area contributed by atoms with Crippen LogP contribution in [-0.4, -0.2) is 24.2 Å². The zero-order valence-corrected chi connectivity index (χ0v) is 13.5. The molecule has 0 fully saturated rings. The molecule has 0 unspecified atom stereocenters. The third-order valence-corrected chi connectivity index (χ3v) is 3.73. The average molecular weight is 343 g/mol. The van der Waals surface area contributed by atoms with E-state index in [1.54, 1.807) is 12.1 Å². The molecule has 2 amide bonds. The highest BCUT2D eigenvalue weighted by atomic mass is 16.6. The number of amides is 2. The minimum absolute atomic E-state index is 0.0855. The molecule has 8 nitrogen and oxygen atoms in total. The number of carbonyl (C=O) groups is 1. The summed E-state index contributed by atoms with van der Waals surface area (Å²) in [6.45, 7) is 2.84. The van der Waals surface area contributed by atoms with Gasteiger partial charge in [-0.15, -0.1) is 0 Å². The van der Waals surface area contributed by atoms with Gasteiger partial charge in [0.2, 0.25) is 0 Å². The molecule has 1 atom stereocenters. The lowest BCUT2D eigenvalue weighted by atomic mass is 10.1. The van der Waals surface area contributed by atoms with Crippen LogP contribution in [0.5, 0.6) is 11.5 Å². The van der Waals surface area contributed by atoms with Gasteiger partial charge in [0.25, 0.3) is 5.69 Å². The summed E-state index contributed by atoms with van der Waals surface area (Å²) in [4.78, 5) is 22.4. The highest BCUT2D eigenvalue weighted by molar-refractivity contribution is 5.89. The summed E-state index contributed by atoms with van der Waals surface area (Å²) >= 11 is 0. The van der Waals surface area contributed by atoms with Crippen LogP contribution < -0.4 is 20.1 Å². The lowest BCUT2D eigenvalue weighted by molar-refractivity contribution is -0.384. The van der Waals surface area contributed by atoms with E-state index >= 15 is 0 Å². The molecular formula is C17H17N3O5. The Kier molecular flexibility index (Phi) is 4.69. The first-order chi connectivity index (χ1) is 12.0. The molecule has 25 heavy (non-hydrogen) atoms. The smallest absolute Gasteiger partial charge is 0.319 e. The number of rotatable bonds is 4. The number of hydrogen-bond donors (Lipinski definition) is 2. The van der Waals surface area contributed by atoms with Crippen LogP contribution in [-0.2, 0) is 0 Å². The highest BCUT2D eigenvalue weighted by Gasteiger charge is 2.16. The maximum atomic E-state index is 12.1. The van der Waals surface area contributed by atoms with Crippen LogP contribution in [0, 0.1) is 10.1 Å². The van der Waals surface area contributed by atoms with E-state index in [0.717, 1.165) is 5.56 Å². The van der Waals surface area contributed by atoms with Crippen molar-refractivity contribution in [3.05, 3.63) is 58.1 Å². The van der Waals surface area contributed by atoms with Crippen LogP contribution >= 0.6 is 0 Å². The lowest BCUT2D eigenvalue weighted by Crippen LogP contribution is -2.31. The normalized spacial score (nSPS) is 13.6. The first-order valence-corrected chi connectivity index (χ1v) is 7.74. The van der Waals surface area contributed by atoms with Crippen LogP contribution in [0.15, 0.2) is 42.5 Å². The van der Waals surface area contributed by atoms with E-state index in [4.69, 9.17) is 9.47 Å². The minimum Gasteiger partial charge on any atom is -0.486 e. The van der Waals surface area contributed by atoms with E-state index in [2.05, 4.69) is 10.6 Å². The van der Waals surface area contributed by atoms with Crippen molar-refractivity contribution in [2.75, 3.05) is 18.5 Å². The molecule has 0 aromatic heterocycles. The van der Waals surface area contributed by atoms with E-state index < -0.39 is 11.0 Å². The van der Waals surface area contributed by atoms with Gasteiger partial charge in [0.15, 0.2) is 11.5 Å². The molecule has 0 saturated carbocycles. The fourth-order valence-corrected chi connectivity index (χ4v) is 2.47. The van der Waals surface area contributed by atoms with Gasteiger partial charge in [0.1, 0.15) is 13.2 Å². The van der Waals surface area contributed by atoms with E-state index in [-0.39, 0.29) is 11.7 Å². The number of nitrogens with zero attached hydrogens (tertiary/aromatic N) is 1. The molecule has 1 aliphatic heterocycles. The van der Waals surface area contributed by atoms with E-state index in [9.17, 15) is 14.9 Å². The topological polar surface area (TPSA) is 103 Å². The number of benzene rings is 2. The first kappa shape index (κ1) is 16.6. The second kappa shape index (κ2) is 7.08. The van der Waals surface area contributed by atoms with Crippen molar-refractivity contribution in [3.8, 4) is 11.5 Å². The Morgan fingerprint density at radius 1 is 1.16 bits per heavy atom. The number of non-ortho nitro benzene ring substituents is 1. The van der Waals surface area contributed by atoms with Crippen molar-refractivity contribution in [3.63, 3.8) is 0 Å². The summed E-state index contributed by atoms with van der Waals surface area (Å²) in [7, 11) is 0. The Hall–Kier alpha value is -3.29. The van der Waals surface area contributed by atoms with Crippen molar-refractivity contribution in [1.29, 1.82) is 0 Å². The average Bonchev–Trinajstić information content (AvgIpc) is 2.61. The summed E-state index contributed by atoms with van der Waals surface area (Å²) in [6.07, 6.45) is 0. The third-order valence-electron chi connectivity index (χ3n) is 3.73. The number of ether oxygens (including phenoxy) is 2. The molecule has 2 N–H and O–H groups in total. The molecule has 2 aromatic rings. The Morgan fingerprint density at radius 3 is 2.68 bits per heavy atom. The van der Waals surface area contributed by atoms with Gasteiger partial charge in [0.05, 0.1) is 11.0 Å². The Morgan fingerprint density at radius 2 is 1.92 bits per heavy atom. The van der Waals surface area contributed by atoms with Gasteiger partial charge in [-0.2, -0.15) is 0 Å². The van der Waals surface area contributed by atoms with Gasteiger partial charge in [0, 0.05) is 17.8 Å². The molecule has 0 saturated heterocycles. The monoisotopic (exact) mass is 343 g/mol. The maximum Gasteiger partial charge on any atom is 0.319 e. The number of fused-ring (bicyclic) bond motifs is 1. The number of urea groups is 1. The molecule has 0 radical (unpaired) electrons. The number of nitrogens with one attached hydrogen (secondary N) is 2. The predicted octanol–water partition coefficient (Wildman–Crippen LogP) is 3.25. The summed E-state index contributed by atoms with van der Waals surface area (Å²) in [6, 6.07) is 10.5.